The van der Waals surface area contributed by atoms with Gasteiger partial charge < -0.3 is 0 Å². The van der Waals surface area contributed by atoms with Crippen LogP contribution in [0.2, 0.25) is 0 Å². The van der Waals surface area contributed by atoms with Gasteiger partial charge in [-0.25, -0.2) is 8.42 Å². The molecule has 0 unspecified atom stereocenters. The second-order valence-electron chi connectivity index (χ2n) is 8.04. The highest BCUT2D eigenvalue weighted by molar-refractivity contribution is 7.91. The van der Waals surface area contributed by atoms with Gasteiger partial charge in [0, 0.05) is 29.7 Å². The Kier molecular flexibility index (Phi) is 5.16. The van der Waals surface area contributed by atoms with Gasteiger partial charge in [-0.15, -0.1) is 0 Å². The molecule has 1 aliphatic rings. The van der Waals surface area contributed by atoms with Crippen LogP contribution in [0.1, 0.15) is 12.5 Å². The van der Waals surface area contributed by atoms with E-state index in [0.29, 0.717) is 6.42 Å². The maximum absolute atomic E-state index is 12.4. The molecule has 5 rings (SSSR count). The first kappa shape index (κ1) is 19.7. The van der Waals surface area contributed by atoms with Crippen molar-refractivity contribution in [3.63, 3.8) is 0 Å². The predicted octanol–water partition coefficient (Wildman–Crippen LogP) is 5.33. The summed E-state index contributed by atoms with van der Waals surface area (Å²) in [5, 5.41) is 0. The molecule has 0 radical (unpaired) electrons. The van der Waals surface area contributed by atoms with E-state index in [9.17, 15) is 8.42 Å². The molecule has 31 heavy (non-hydrogen) atoms. The molecule has 154 valence electrons. The van der Waals surface area contributed by atoms with E-state index in [1.807, 2.05) is 54.6 Å². The second-order valence-corrected chi connectivity index (χ2v) is 10.3. The van der Waals surface area contributed by atoms with Gasteiger partial charge in [0.1, 0.15) is 5.75 Å². The lowest BCUT2D eigenvalue weighted by Crippen LogP contribution is -2.44. The van der Waals surface area contributed by atoms with Crippen molar-refractivity contribution < 1.29 is 13.0 Å². The minimum Gasteiger partial charge on any atom is -0.229 e. The highest BCUT2D eigenvalue weighted by Crippen LogP contribution is 2.32. The summed E-state index contributed by atoms with van der Waals surface area (Å²) >= 11 is 0. The molecule has 3 nitrogen and oxygen atoms in total. The van der Waals surface area contributed by atoms with Crippen LogP contribution in [0.3, 0.4) is 0 Å². The fraction of sp³-hybridized carbons (Fsp3) is 0.148. The van der Waals surface area contributed by atoms with Crippen LogP contribution >= 0.6 is 0 Å². The first-order valence-corrected chi connectivity index (χ1v) is 12.4. The maximum atomic E-state index is 12.4. The summed E-state index contributed by atoms with van der Waals surface area (Å²) in [6, 6.07) is 35.2. The number of aromatic nitrogens is 1. The summed E-state index contributed by atoms with van der Waals surface area (Å²) in [6.07, 6.45) is 0.636. The zero-order chi connectivity index (χ0) is 21.3. The van der Waals surface area contributed by atoms with Crippen LogP contribution in [0.4, 0.5) is 0 Å². The number of pyridine rings is 1. The van der Waals surface area contributed by atoms with Crippen LogP contribution in [-0.4, -0.2) is 19.9 Å². The molecular formula is C27H24NO2S+. The van der Waals surface area contributed by atoms with Gasteiger partial charge >= 0.3 is 0 Å². The van der Waals surface area contributed by atoms with E-state index in [4.69, 9.17) is 0 Å². The van der Waals surface area contributed by atoms with Gasteiger partial charge in [0.15, 0.2) is 15.9 Å². The monoisotopic (exact) mass is 426 g/mol. The molecule has 1 saturated heterocycles. The smallest absolute Gasteiger partial charge is 0.213 e. The van der Waals surface area contributed by atoms with Gasteiger partial charge in [0.25, 0.3) is 0 Å². The molecule has 1 aromatic heterocycles. The third-order valence-electron chi connectivity index (χ3n) is 5.92. The minimum atomic E-state index is -3.02. The van der Waals surface area contributed by atoms with E-state index in [1.165, 1.54) is 0 Å². The van der Waals surface area contributed by atoms with Crippen molar-refractivity contribution in [3.8, 4) is 33.6 Å². The Balaban J connectivity index is 1.82. The van der Waals surface area contributed by atoms with Gasteiger partial charge in [0.2, 0.25) is 11.4 Å². The molecule has 3 aromatic carbocycles. The van der Waals surface area contributed by atoms with Crippen molar-refractivity contribution in [1.82, 2.24) is 0 Å². The molecule has 0 amide bonds. The van der Waals surface area contributed by atoms with Crippen LogP contribution in [0.5, 0.6) is 0 Å². The Morgan fingerprint density at radius 1 is 0.613 bits per heavy atom. The van der Waals surface area contributed by atoms with E-state index in [0.717, 1.165) is 33.6 Å². The molecule has 1 atom stereocenters. The Hall–Kier alpha value is -3.24. The predicted molar refractivity (Wildman–Crippen MR) is 125 cm³/mol. The molecule has 0 saturated carbocycles. The van der Waals surface area contributed by atoms with E-state index in [-0.39, 0.29) is 17.5 Å². The molecule has 4 heteroatoms. The van der Waals surface area contributed by atoms with Crippen LogP contribution in [-0.2, 0) is 9.84 Å². The van der Waals surface area contributed by atoms with Crippen molar-refractivity contribution in [3.05, 3.63) is 103 Å². The number of benzene rings is 3. The number of hydrogen-bond donors (Lipinski definition) is 0. The van der Waals surface area contributed by atoms with Crippen molar-refractivity contribution >= 4 is 9.84 Å². The third kappa shape index (κ3) is 4.04. The van der Waals surface area contributed by atoms with Crippen molar-refractivity contribution in [1.29, 1.82) is 0 Å². The molecule has 0 N–H and O–H groups in total. The normalized spacial score (nSPS) is 17.5. The quantitative estimate of drug-likeness (QED) is 0.414. The lowest BCUT2D eigenvalue weighted by atomic mass is 9.98. The van der Waals surface area contributed by atoms with Gasteiger partial charge in [-0.3, -0.25) is 0 Å². The van der Waals surface area contributed by atoms with E-state index >= 15 is 0 Å². The Morgan fingerprint density at radius 2 is 1.06 bits per heavy atom. The molecule has 4 aromatic rings. The molecule has 1 fully saturated rings. The average Bonchev–Trinajstić information content (AvgIpc) is 3.19. The van der Waals surface area contributed by atoms with Gasteiger partial charge in [-0.2, -0.15) is 4.57 Å². The van der Waals surface area contributed by atoms with Crippen molar-refractivity contribution in [2.75, 3.05) is 11.5 Å². The van der Waals surface area contributed by atoms with Crippen molar-refractivity contribution in [2.24, 2.45) is 0 Å². The highest BCUT2D eigenvalue weighted by atomic mass is 32.2. The first-order valence-electron chi connectivity index (χ1n) is 10.6. The van der Waals surface area contributed by atoms with Crippen molar-refractivity contribution in [2.45, 2.75) is 12.5 Å². The zero-order valence-electron chi connectivity index (χ0n) is 17.2. The molecule has 0 aliphatic carbocycles. The summed E-state index contributed by atoms with van der Waals surface area (Å²) in [4.78, 5) is 0. The molecular weight excluding hydrogens is 402 g/mol. The van der Waals surface area contributed by atoms with E-state index in [1.54, 1.807) is 0 Å². The van der Waals surface area contributed by atoms with Gasteiger partial charge in [-0.1, -0.05) is 66.7 Å². The molecule has 0 bridgehead atoms. The summed E-state index contributed by atoms with van der Waals surface area (Å²) in [6.45, 7) is 0. The zero-order valence-corrected chi connectivity index (χ0v) is 18.0. The molecule has 2 heterocycles. The molecule has 0 spiro atoms. The largest absolute Gasteiger partial charge is 0.229 e. The van der Waals surface area contributed by atoms with Crippen LogP contribution in [0.15, 0.2) is 103 Å². The standard InChI is InChI=1S/C27H24NO2S/c29-31(30)17-16-25(20-31)28-26(22-12-6-2-7-13-22)18-24(21-10-4-1-5-11-21)19-27(28)23-14-8-3-9-15-23/h1-15,18-19,25H,16-17,20H2/q+1/t25-/m0/s1. The lowest BCUT2D eigenvalue weighted by molar-refractivity contribution is -0.696. The van der Waals surface area contributed by atoms with Gasteiger partial charge in [-0.05, 0) is 35.4 Å². The number of rotatable bonds is 4. The summed E-state index contributed by atoms with van der Waals surface area (Å²) in [7, 11) is -3.02. The summed E-state index contributed by atoms with van der Waals surface area (Å²) in [5.74, 6) is 0.426. The minimum absolute atomic E-state index is 0.0831. The van der Waals surface area contributed by atoms with Crippen LogP contribution in [0, 0.1) is 0 Å². The number of hydrogen-bond acceptors (Lipinski definition) is 2. The second kappa shape index (κ2) is 8.12. The lowest BCUT2D eigenvalue weighted by Gasteiger charge is -2.16. The third-order valence-corrected chi connectivity index (χ3v) is 7.67. The fourth-order valence-corrected chi connectivity index (χ4v) is 6.14. The topological polar surface area (TPSA) is 38.0 Å². The number of nitrogens with zero attached hydrogens (tertiary/aromatic N) is 1. The highest BCUT2D eigenvalue weighted by Gasteiger charge is 2.38. The molecule has 1 aliphatic heterocycles. The maximum Gasteiger partial charge on any atom is 0.213 e. The summed E-state index contributed by atoms with van der Waals surface area (Å²) in [5.41, 5.74) is 6.52. The average molecular weight is 427 g/mol. The first-order chi connectivity index (χ1) is 15.1. The van der Waals surface area contributed by atoms with Crippen LogP contribution in [0.25, 0.3) is 33.6 Å². The van der Waals surface area contributed by atoms with E-state index < -0.39 is 9.84 Å². The van der Waals surface area contributed by atoms with E-state index in [2.05, 4.69) is 53.1 Å². The summed E-state index contributed by atoms with van der Waals surface area (Å²) < 4.78 is 27.0. The Labute approximate surface area is 183 Å². The Morgan fingerprint density at radius 3 is 1.48 bits per heavy atom. The van der Waals surface area contributed by atoms with Gasteiger partial charge in [0.05, 0.1) is 5.75 Å². The fourth-order valence-electron chi connectivity index (χ4n) is 4.44. The van der Waals surface area contributed by atoms with Crippen LogP contribution < -0.4 is 4.57 Å². The SMILES string of the molecule is O=S1(=O)CC[C@H]([n+]2c(-c3ccccc3)cc(-c3ccccc3)cc2-c2ccccc2)C1. The Bertz CT molecular complexity index is 1240. The number of sulfone groups is 1.